The van der Waals surface area contributed by atoms with E-state index in [9.17, 15) is 0 Å². The molecule has 0 aromatic heterocycles. The molecule has 17 heavy (non-hydrogen) atoms. The van der Waals surface area contributed by atoms with Gasteiger partial charge in [-0.3, -0.25) is 15.7 Å². The number of unbranched alkanes of at least 4 members (excludes halogenated alkanes) is 1. The first-order chi connectivity index (χ1) is 7.79. The normalized spacial score (nSPS) is 12.0. The van der Waals surface area contributed by atoms with Gasteiger partial charge < -0.3 is 16.7 Å². The second kappa shape index (κ2) is 10.5. The van der Waals surface area contributed by atoms with Crippen molar-refractivity contribution >= 4 is 11.9 Å². The van der Waals surface area contributed by atoms with Crippen molar-refractivity contribution in [2.75, 3.05) is 0 Å². The lowest BCUT2D eigenvalue weighted by molar-refractivity contribution is -0.742. The quantitative estimate of drug-likeness (QED) is 0.203. The van der Waals surface area contributed by atoms with Crippen molar-refractivity contribution in [3.8, 4) is 0 Å². The summed E-state index contributed by atoms with van der Waals surface area (Å²) >= 11 is 0. The summed E-state index contributed by atoms with van der Waals surface area (Å²) in [5, 5.41) is 23.0. The molecular formula is C8H20N6O3. The van der Waals surface area contributed by atoms with Gasteiger partial charge in [0, 0.05) is 0 Å². The number of rotatable bonds is 4. The van der Waals surface area contributed by atoms with Crippen LogP contribution in [0.5, 0.6) is 0 Å². The highest BCUT2D eigenvalue weighted by Crippen LogP contribution is 2.02. The largest absolute Gasteiger partial charge is 0.370 e. The number of hydrogen-bond donors (Lipinski definition) is 5. The van der Waals surface area contributed by atoms with Crippen molar-refractivity contribution < 1.29 is 10.3 Å². The van der Waals surface area contributed by atoms with E-state index in [4.69, 9.17) is 32.2 Å². The zero-order valence-electron chi connectivity index (χ0n) is 10.0. The molecule has 0 aliphatic heterocycles. The maximum absolute atomic E-state index is 8.36. The van der Waals surface area contributed by atoms with E-state index < -0.39 is 5.09 Å². The van der Waals surface area contributed by atoms with Gasteiger partial charge in [0.05, 0.1) is 6.04 Å². The van der Waals surface area contributed by atoms with Gasteiger partial charge >= 0.3 is 0 Å². The fourth-order valence-electron chi connectivity index (χ4n) is 0.972. The Hall–Kier alpha value is -2.06. The van der Waals surface area contributed by atoms with E-state index >= 15 is 0 Å². The summed E-state index contributed by atoms with van der Waals surface area (Å²) in [5.74, 6) is 0.0417. The van der Waals surface area contributed by atoms with Gasteiger partial charge in [-0.2, -0.15) is 0 Å². The molecule has 0 heterocycles. The number of hydrogen-bond acceptors (Lipinski definition) is 4. The van der Waals surface area contributed by atoms with Crippen LogP contribution >= 0.6 is 0 Å². The molecule has 0 aromatic carbocycles. The highest BCUT2D eigenvalue weighted by molar-refractivity contribution is 5.95. The molecule has 7 N–H and O–H groups in total. The van der Waals surface area contributed by atoms with Crippen LogP contribution in [0.25, 0.3) is 0 Å². The SMILES string of the molecule is CCCCC(C)N=C(N)NC(=N)N.O=[N+]([O-])O. The Kier molecular flexibility index (Phi) is 10.7. The van der Waals surface area contributed by atoms with Gasteiger partial charge in [-0.05, 0) is 13.3 Å². The first-order valence-corrected chi connectivity index (χ1v) is 5.07. The molecule has 1 unspecified atom stereocenters. The van der Waals surface area contributed by atoms with Crippen molar-refractivity contribution in [3.63, 3.8) is 0 Å². The zero-order chi connectivity index (χ0) is 13.8. The second-order valence-electron chi connectivity index (χ2n) is 3.28. The van der Waals surface area contributed by atoms with E-state index in [-0.39, 0.29) is 18.0 Å². The first kappa shape index (κ1) is 17.3. The molecule has 0 aromatic rings. The number of aliphatic imine (C=N–C) groups is 1. The van der Waals surface area contributed by atoms with E-state index in [1.807, 2.05) is 6.92 Å². The molecule has 0 saturated heterocycles. The van der Waals surface area contributed by atoms with Crippen molar-refractivity contribution in [1.29, 1.82) is 5.41 Å². The average Bonchev–Trinajstić information content (AvgIpc) is 2.12. The molecule has 0 radical (unpaired) electrons. The van der Waals surface area contributed by atoms with Gasteiger partial charge in [-0.15, -0.1) is 10.1 Å². The van der Waals surface area contributed by atoms with Gasteiger partial charge in [0.15, 0.2) is 11.9 Å². The van der Waals surface area contributed by atoms with Crippen LogP contribution in [0.4, 0.5) is 0 Å². The molecule has 0 saturated carbocycles. The van der Waals surface area contributed by atoms with E-state index in [2.05, 4.69) is 17.2 Å². The topological polar surface area (TPSA) is 164 Å². The summed E-state index contributed by atoms with van der Waals surface area (Å²) in [6.45, 7) is 4.12. The van der Waals surface area contributed by atoms with E-state index in [1.54, 1.807) is 0 Å². The molecule has 9 nitrogen and oxygen atoms in total. The third-order valence-electron chi connectivity index (χ3n) is 1.60. The van der Waals surface area contributed by atoms with Crippen molar-refractivity contribution in [2.24, 2.45) is 16.5 Å². The lowest BCUT2D eigenvalue weighted by Crippen LogP contribution is -2.41. The molecular weight excluding hydrogens is 228 g/mol. The summed E-state index contributed by atoms with van der Waals surface area (Å²) in [6, 6.07) is 0.187. The van der Waals surface area contributed by atoms with Crippen molar-refractivity contribution in [2.45, 2.75) is 39.2 Å². The summed E-state index contributed by atoms with van der Waals surface area (Å²) in [7, 11) is 0. The molecule has 0 aliphatic carbocycles. The van der Waals surface area contributed by atoms with Crippen LogP contribution < -0.4 is 16.8 Å². The van der Waals surface area contributed by atoms with Crippen LogP contribution in [-0.4, -0.2) is 28.3 Å². The average molecular weight is 248 g/mol. The third kappa shape index (κ3) is 20.1. The maximum Gasteiger partial charge on any atom is 0.291 e. The smallest absolute Gasteiger partial charge is 0.291 e. The molecule has 0 rings (SSSR count). The summed E-state index contributed by atoms with van der Waals surface area (Å²) in [5.41, 5.74) is 10.5. The van der Waals surface area contributed by atoms with Crippen LogP contribution in [-0.2, 0) is 0 Å². The standard InChI is InChI=1S/C8H19N5.HNO3/c1-3-4-5-6(2)12-8(11)13-7(9)10;2-1(3)4/h6H,3-5H2,1-2H3,(H6,9,10,11,12,13);(H,2,3,4). The zero-order valence-corrected chi connectivity index (χ0v) is 10.0. The molecule has 0 bridgehead atoms. The molecule has 0 spiro atoms. The Morgan fingerprint density at radius 1 is 1.65 bits per heavy atom. The van der Waals surface area contributed by atoms with E-state index in [0.717, 1.165) is 19.3 Å². The molecule has 1 atom stereocenters. The van der Waals surface area contributed by atoms with Crippen molar-refractivity contribution in [3.05, 3.63) is 10.1 Å². The molecule has 0 aliphatic rings. The Morgan fingerprint density at radius 3 is 2.47 bits per heavy atom. The summed E-state index contributed by atoms with van der Waals surface area (Å²) in [6.07, 6.45) is 3.30. The minimum absolute atomic E-state index is 0.177. The summed E-state index contributed by atoms with van der Waals surface area (Å²) < 4.78 is 0. The highest BCUT2D eigenvalue weighted by atomic mass is 16.9. The van der Waals surface area contributed by atoms with Gasteiger partial charge in [0.25, 0.3) is 5.09 Å². The van der Waals surface area contributed by atoms with Crippen molar-refractivity contribution in [1.82, 2.24) is 5.32 Å². The third-order valence-corrected chi connectivity index (χ3v) is 1.60. The molecule has 100 valence electrons. The Bertz CT molecular complexity index is 264. The predicted molar refractivity (Wildman–Crippen MR) is 64.4 cm³/mol. The van der Waals surface area contributed by atoms with Crippen LogP contribution in [0, 0.1) is 15.5 Å². The number of nitrogens with zero attached hydrogens (tertiary/aromatic N) is 2. The lowest BCUT2D eigenvalue weighted by Gasteiger charge is -2.07. The predicted octanol–water partition coefficient (Wildman–Crippen LogP) is 0.0152. The highest BCUT2D eigenvalue weighted by Gasteiger charge is 1.99. The van der Waals surface area contributed by atoms with Gasteiger partial charge in [0.2, 0.25) is 0 Å². The minimum atomic E-state index is -1.50. The van der Waals surface area contributed by atoms with Crippen LogP contribution in [0.3, 0.4) is 0 Å². The first-order valence-electron chi connectivity index (χ1n) is 5.07. The number of nitrogens with one attached hydrogen (secondary N) is 2. The monoisotopic (exact) mass is 248 g/mol. The Labute approximate surface area is 99.5 Å². The fourth-order valence-corrected chi connectivity index (χ4v) is 0.972. The number of nitrogens with two attached hydrogens (primary N) is 2. The minimum Gasteiger partial charge on any atom is -0.370 e. The van der Waals surface area contributed by atoms with Crippen LogP contribution in [0.2, 0.25) is 0 Å². The molecule has 0 fully saturated rings. The van der Waals surface area contributed by atoms with E-state index in [0.29, 0.717) is 0 Å². The maximum atomic E-state index is 8.36. The fraction of sp³-hybridized carbons (Fsp3) is 0.750. The van der Waals surface area contributed by atoms with Crippen LogP contribution in [0.1, 0.15) is 33.1 Å². The second-order valence-corrected chi connectivity index (χ2v) is 3.28. The Balaban J connectivity index is 0. The van der Waals surface area contributed by atoms with Gasteiger partial charge in [-0.25, -0.2) is 0 Å². The lowest BCUT2D eigenvalue weighted by atomic mass is 10.1. The van der Waals surface area contributed by atoms with Gasteiger partial charge in [0.1, 0.15) is 0 Å². The van der Waals surface area contributed by atoms with Gasteiger partial charge in [-0.1, -0.05) is 19.8 Å². The summed E-state index contributed by atoms with van der Waals surface area (Å²) in [4.78, 5) is 12.5. The van der Waals surface area contributed by atoms with Crippen LogP contribution in [0.15, 0.2) is 4.99 Å². The Morgan fingerprint density at radius 2 is 2.12 bits per heavy atom. The van der Waals surface area contributed by atoms with E-state index in [1.165, 1.54) is 0 Å². The number of guanidine groups is 2. The molecule has 0 amide bonds. The molecule has 9 heteroatoms.